The highest BCUT2D eigenvalue weighted by Gasteiger charge is 2.44. The van der Waals surface area contributed by atoms with E-state index in [-0.39, 0.29) is 6.61 Å². The molecule has 0 aromatic heterocycles. The number of ether oxygens (including phenoxy) is 2. The summed E-state index contributed by atoms with van der Waals surface area (Å²) in [5.74, 6) is 15.6. The van der Waals surface area contributed by atoms with Crippen molar-refractivity contribution < 1.29 is 35.0 Å². The molecule has 26 heavy (non-hydrogen) atoms. The fourth-order valence-corrected chi connectivity index (χ4v) is 2.20. The van der Waals surface area contributed by atoms with Crippen LogP contribution in [0.4, 0.5) is 0 Å². The van der Waals surface area contributed by atoms with Gasteiger partial charge in [0.05, 0.1) is 19.3 Å². The van der Waals surface area contributed by atoms with E-state index in [1.54, 1.807) is 19.1 Å². The monoisotopic (exact) mass is 364 g/mol. The predicted octanol–water partition coefficient (Wildman–Crippen LogP) is -1.47. The topological polar surface area (TPSA) is 120 Å². The van der Waals surface area contributed by atoms with Gasteiger partial charge in [-0.3, -0.25) is 0 Å². The van der Waals surface area contributed by atoms with Crippen LogP contribution >= 0.6 is 0 Å². The largest absolute Gasteiger partial charge is 0.394 e. The summed E-state index contributed by atoms with van der Waals surface area (Å²) in [4.78, 5) is 0. The second kappa shape index (κ2) is 12.5. The fourth-order valence-electron chi connectivity index (χ4n) is 2.20. The molecule has 7 heteroatoms. The molecule has 1 aliphatic rings. The minimum Gasteiger partial charge on any atom is -0.394 e. The molecular weight excluding hydrogens is 340 g/mol. The van der Waals surface area contributed by atoms with Gasteiger partial charge in [0.2, 0.25) is 0 Å². The maximum Gasteiger partial charge on any atom is 0.187 e. The number of hydrogen-bond acceptors (Lipinski definition) is 7. The van der Waals surface area contributed by atoms with Gasteiger partial charge in [0.25, 0.3) is 0 Å². The lowest BCUT2D eigenvalue weighted by Crippen LogP contribution is -2.59. The van der Waals surface area contributed by atoms with Gasteiger partial charge in [0.15, 0.2) is 6.29 Å². The quantitative estimate of drug-likeness (QED) is 0.350. The summed E-state index contributed by atoms with van der Waals surface area (Å²) in [5, 5.41) is 47.9. The number of aliphatic hydroxyl groups is 5. The third-order valence-electron chi connectivity index (χ3n) is 3.62. The lowest BCUT2D eigenvalue weighted by Gasteiger charge is -2.40. The van der Waals surface area contributed by atoms with Crippen LogP contribution in [0, 0.1) is 35.5 Å². The van der Waals surface area contributed by atoms with Crippen molar-refractivity contribution in [3.63, 3.8) is 0 Å². The molecule has 0 spiro atoms. The minimum atomic E-state index is -1.51. The van der Waals surface area contributed by atoms with Crippen LogP contribution in [-0.4, -0.2) is 75.6 Å². The summed E-state index contributed by atoms with van der Waals surface area (Å²) >= 11 is 0. The van der Waals surface area contributed by atoms with Gasteiger partial charge in [-0.05, 0) is 49.5 Å². The molecule has 0 amide bonds. The standard InChI is InChI=1S/C19H24O7/c1-2-3-4-5-6-7-8-9-10-11-14(12-20)25-19-18(24)17(23)16(22)15(13-21)26-19/h8-9,14-24H,10-13H2,1H3/b9-8+/t14-,15+,16+,17-,18-,19-/m1/s1. The number of rotatable bonds is 7. The van der Waals surface area contributed by atoms with Crippen LogP contribution in [0.1, 0.15) is 19.8 Å². The van der Waals surface area contributed by atoms with Crippen LogP contribution in [0.3, 0.4) is 0 Å². The number of hydrogen-bond donors (Lipinski definition) is 5. The predicted molar refractivity (Wildman–Crippen MR) is 93.1 cm³/mol. The van der Waals surface area contributed by atoms with Gasteiger partial charge in [-0.2, -0.15) is 0 Å². The zero-order valence-corrected chi connectivity index (χ0v) is 14.5. The average Bonchev–Trinajstić information content (AvgIpc) is 2.65. The maximum atomic E-state index is 9.92. The minimum absolute atomic E-state index is 0.324. The molecule has 0 aromatic rings. The number of allylic oxidation sites excluding steroid dienone is 2. The van der Waals surface area contributed by atoms with E-state index in [0.717, 1.165) is 0 Å². The van der Waals surface area contributed by atoms with Crippen molar-refractivity contribution >= 4 is 0 Å². The van der Waals surface area contributed by atoms with Crippen LogP contribution in [0.5, 0.6) is 0 Å². The molecule has 1 aliphatic heterocycles. The summed E-state index contributed by atoms with van der Waals surface area (Å²) in [6.45, 7) is 0.824. The van der Waals surface area contributed by atoms with Gasteiger partial charge in [-0.15, -0.1) is 0 Å². The summed E-state index contributed by atoms with van der Waals surface area (Å²) < 4.78 is 10.7. The zero-order chi connectivity index (χ0) is 19.4. The van der Waals surface area contributed by atoms with Crippen LogP contribution in [0.25, 0.3) is 0 Å². The Bertz CT molecular complexity index is 623. The lowest BCUT2D eigenvalue weighted by atomic mass is 9.99. The van der Waals surface area contributed by atoms with E-state index in [0.29, 0.717) is 12.8 Å². The highest BCUT2D eigenvalue weighted by Crippen LogP contribution is 2.23. The third kappa shape index (κ3) is 7.17. The maximum absolute atomic E-state index is 9.92. The molecule has 0 aliphatic carbocycles. The zero-order valence-electron chi connectivity index (χ0n) is 14.5. The molecule has 5 N–H and O–H groups in total. The Balaban J connectivity index is 2.48. The van der Waals surface area contributed by atoms with Crippen molar-refractivity contribution in [3.8, 4) is 35.5 Å². The van der Waals surface area contributed by atoms with Gasteiger partial charge in [-0.1, -0.05) is 17.9 Å². The molecule has 1 saturated heterocycles. The first-order chi connectivity index (χ1) is 12.5. The molecule has 6 atom stereocenters. The molecule has 0 saturated carbocycles. The van der Waals surface area contributed by atoms with E-state index in [4.69, 9.17) is 14.6 Å². The second-order valence-electron chi connectivity index (χ2n) is 5.51. The molecule has 1 fully saturated rings. The van der Waals surface area contributed by atoms with Crippen LogP contribution in [0.2, 0.25) is 0 Å². The molecule has 1 heterocycles. The average molecular weight is 364 g/mol. The molecule has 7 nitrogen and oxygen atoms in total. The third-order valence-corrected chi connectivity index (χ3v) is 3.62. The van der Waals surface area contributed by atoms with Crippen LogP contribution < -0.4 is 0 Å². The first kappa shape index (κ1) is 22.2. The highest BCUT2D eigenvalue weighted by atomic mass is 16.7. The number of aliphatic hydroxyl groups excluding tert-OH is 5. The van der Waals surface area contributed by atoms with Gasteiger partial charge in [0.1, 0.15) is 24.4 Å². The van der Waals surface area contributed by atoms with Crippen LogP contribution in [-0.2, 0) is 9.47 Å². The van der Waals surface area contributed by atoms with E-state index >= 15 is 0 Å². The van der Waals surface area contributed by atoms with E-state index in [2.05, 4.69) is 35.5 Å². The fraction of sp³-hybridized carbons (Fsp3) is 0.579. The Morgan fingerprint density at radius 3 is 2.42 bits per heavy atom. The first-order valence-electron chi connectivity index (χ1n) is 8.19. The first-order valence-corrected chi connectivity index (χ1v) is 8.19. The molecule has 0 bridgehead atoms. The summed E-state index contributed by atoms with van der Waals surface area (Å²) in [6, 6.07) is 0. The molecule has 0 aromatic carbocycles. The van der Waals surface area contributed by atoms with Crippen molar-refractivity contribution in [2.24, 2.45) is 0 Å². The molecule has 142 valence electrons. The SMILES string of the molecule is CC#CC#CC#C/C=C/CC[C@H](CO)O[C@@H]1O[C@@H](CO)[C@H](O)[C@@H](O)[C@H]1O. The summed E-state index contributed by atoms with van der Waals surface area (Å²) in [7, 11) is 0. The molecule has 0 unspecified atom stereocenters. The molecular formula is C19H24O7. The Hall–Kier alpha value is -1.86. The van der Waals surface area contributed by atoms with Crippen molar-refractivity contribution in [1.29, 1.82) is 0 Å². The summed E-state index contributed by atoms with van der Waals surface area (Å²) in [6.07, 6.45) is -3.07. The molecule has 0 radical (unpaired) electrons. The van der Waals surface area contributed by atoms with Crippen LogP contribution in [0.15, 0.2) is 12.2 Å². The van der Waals surface area contributed by atoms with Crippen molar-refractivity contribution in [2.45, 2.75) is 56.6 Å². The van der Waals surface area contributed by atoms with E-state index in [9.17, 15) is 20.4 Å². The summed E-state index contributed by atoms with van der Waals surface area (Å²) in [5.41, 5.74) is 0. The van der Waals surface area contributed by atoms with Gasteiger partial charge in [0, 0.05) is 0 Å². The second-order valence-corrected chi connectivity index (χ2v) is 5.51. The van der Waals surface area contributed by atoms with Gasteiger partial charge < -0.3 is 35.0 Å². The van der Waals surface area contributed by atoms with Crippen molar-refractivity contribution in [1.82, 2.24) is 0 Å². The normalized spacial score (nSPS) is 28.9. The van der Waals surface area contributed by atoms with Crippen molar-refractivity contribution in [3.05, 3.63) is 12.2 Å². The van der Waals surface area contributed by atoms with Gasteiger partial charge >= 0.3 is 0 Å². The lowest BCUT2D eigenvalue weighted by molar-refractivity contribution is -0.313. The highest BCUT2D eigenvalue weighted by molar-refractivity contribution is 5.37. The van der Waals surface area contributed by atoms with E-state index < -0.39 is 43.4 Å². The van der Waals surface area contributed by atoms with Gasteiger partial charge in [-0.25, -0.2) is 0 Å². The van der Waals surface area contributed by atoms with Crippen molar-refractivity contribution in [2.75, 3.05) is 13.2 Å². The van der Waals surface area contributed by atoms with E-state index in [1.807, 2.05) is 0 Å². The van der Waals surface area contributed by atoms with E-state index in [1.165, 1.54) is 0 Å². The Morgan fingerprint density at radius 2 is 1.77 bits per heavy atom. The Kier molecular flexibility index (Phi) is 10.7. The molecule has 1 rings (SSSR count). The Morgan fingerprint density at radius 1 is 1.04 bits per heavy atom. The Labute approximate surface area is 153 Å². The smallest absolute Gasteiger partial charge is 0.187 e.